The van der Waals surface area contributed by atoms with Gasteiger partial charge in [0.1, 0.15) is 10.9 Å². The first-order valence-corrected chi connectivity index (χ1v) is 5.23. The summed E-state index contributed by atoms with van der Waals surface area (Å²) in [6, 6.07) is 3.38. The predicted molar refractivity (Wildman–Crippen MR) is 61.9 cm³/mol. The van der Waals surface area contributed by atoms with Gasteiger partial charge in [0.25, 0.3) is 5.91 Å². The molecular formula is C10H7BrN4O. The van der Waals surface area contributed by atoms with Crippen LogP contribution in [0.25, 0.3) is 0 Å². The largest absolute Gasteiger partial charge is 0.319 e. The van der Waals surface area contributed by atoms with Gasteiger partial charge in [-0.1, -0.05) is 0 Å². The number of halogens is 1. The smallest absolute Gasteiger partial charge is 0.257 e. The maximum atomic E-state index is 11.7. The lowest BCUT2D eigenvalue weighted by Gasteiger charge is -2.03. The Balaban J connectivity index is 2.12. The van der Waals surface area contributed by atoms with E-state index in [9.17, 15) is 4.79 Å². The summed E-state index contributed by atoms with van der Waals surface area (Å²) in [5.74, 6) is -0.241. The summed E-state index contributed by atoms with van der Waals surface area (Å²) in [4.78, 5) is 23.3. The number of amides is 1. The van der Waals surface area contributed by atoms with E-state index in [0.29, 0.717) is 15.9 Å². The Bertz CT molecular complexity index is 486. The molecule has 0 aliphatic heterocycles. The van der Waals surface area contributed by atoms with Crippen molar-refractivity contribution in [3.8, 4) is 0 Å². The van der Waals surface area contributed by atoms with Crippen molar-refractivity contribution in [1.29, 1.82) is 0 Å². The molecule has 6 heteroatoms. The number of nitrogens with zero attached hydrogens (tertiary/aromatic N) is 3. The minimum atomic E-state index is -0.241. The van der Waals surface area contributed by atoms with Crippen molar-refractivity contribution >= 4 is 27.5 Å². The number of pyridine rings is 1. The number of rotatable bonds is 2. The first-order valence-electron chi connectivity index (χ1n) is 4.43. The number of hydrogen-bond donors (Lipinski definition) is 1. The van der Waals surface area contributed by atoms with E-state index < -0.39 is 0 Å². The third-order valence-corrected chi connectivity index (χ3v) is 2.28. The first kappa shape index (κ1) is 10.7. The van der Waals surface area contributed by atoms with E-state index in [1.54, 1.807) is 12.1 Å². The van der Waals surface area contributed by atoms with Crippen LogP contribution in [0.2, 0.25) is 0 Å². The molecule has 0 aliphatic carbocycles. The lowest BCUT2D eigenvalue weighted by atomic mass is 10.2. The molecule has 2 aromatic heterocycles. The molecule has 0 aliphatic rings. The second kappa shape index (κ2) is 4.80. The number of carbonyl (C=O) groups excluding carboxylic acids is 1. The number of hydrogen-bond acceptors (Lipinski definition) is 4. The van der Waals surface area contributed by atoms with Crippen molar-refractivity contribution in [3.05, 3.63) is 47.2 Å². The fourth-order valence-corrected chi connectivity index (χ4v) is 1.31. The molecule has 0 unspecified atom stereocenters. The molecule has 80 valence electrons. The van der Waals surface area contributed by atoms with Crippen LogP contribution in [0.3, 0.4) is 0 Å². The third-order valence-electron chi connectivity index (χ3n) is 1.81. The van der Waals surface area contributed by atoms with Crippen molar-refractivity contribution < 1.29 is 4.79 Å². The van der Waals surface area contributed by atoms with E-state index in [0.717, 1.165) is 0 Å². The Morgan fingerprint density at radius 2 is 1.94 bits per heavy atom. The van der Waals surface area contributed by atoms with Gasteiger partial charge < -0.3 is 5.32 Å². The van der Waals surface area contributed by atoms with Crippen LogP contribution in [0.4, 0.5) is 5.69 Å². The van der Waals surface area contributed by atoms with Gasteiger partial charge in [-0.2, -0.15) is 0 Å². The van der Waals surface area contributed by atoms with Gasteiger partial charge in [-0.3, -0.25) is 4.79 Å². The molecule has 2 aromatic rings. The Morgan fingerprint density at radius 1 is 1.19 bits per heavy atom. The molecule has 2 rings (SSSR count). The van der Waals surface area contributed by atoms with Crippen LogP contribution in [0.5, 0.6) is 0 Å². The van der Waals surface area contributed by atoms with Crippen LogP contribution in [0, 0.1) is 0 Å². The molecule has 0 saturated heterocycles. The zero-order valence-electron chi connectivity index (χ0n) is 8.09. The van der Waals surface area contributed by atoms with Gasteiger partial charge in [-0.05, 0) is 28.1 Å². The fraction of sp³-hybridized carbons (Fsp3) is 0. The van der Waals surface area contributed by atoms with Crippen molar-refractivity contribution in [2.45, 2.75) is 0 Å². The van der Waals surface area contributed by atoms with E-state index in [-0.39, 0.29) is 5.91 Å². The Morgan fingerprint density at radius 3 is 2.56 bits per heavy atom. The Kier molecular flexibility index (Phi) is 3.21. The maximum Gasteiger partial charge on any atom is 0.257 e. The maximum absolute atomic E-state index is 11.7. The third kappa shape index (κ3) is 2.60. The van der Waals surface area contributed by atoms with Gasteiger partial charge in [0.15, 0.2) is 0 Å². The van der Waals surface area contributed by atoms with Crippen LogP contribution >= 0.6 is 15.9 Å². The number of carbonyl (C=O) groups is 1. The molecular weight excluding hydrogens is 272 g/mol. The molecule has 0 bridgehead atoms. The van der Waals surface area contributed by atoms with Crippen LogP contribution in [-0.4, -0.2) is 20.9 Å². The quantitative estimate of drug-likeness (QED) is 0.852. The molecule has 0 saturated carbocycles. The number of nitrogens with one attached hydrogen (secondary N) is 1. The second-order valence-electron chi connectivity index (χ2n) is 2.95. The fourth-order valence-electron chi connectivity index (χ4n) is 1.08. The molecule has 0 atom stereocenters. The van der Waals surface area contributed by atoms with Gasteiger partial charge in [-0.25, -0.2) is 15.0 Å². The van der Waals surface area contributed by atoms with Crippen LogP contribution < -0.4 is 5.32 Å². The molecule has 5 nitrogen and oxygen atoms in total. The van der Waals surface area contributed by atoms with Gasteiger partial charge in [-0.15, -0.1) is 0 Å². The van der Waals surface area contributed by atoms with E-state index in [1.807, 2.05) is 0 Å². The monoisotopic (exact) mass is 278 g/mol. The van der Waals surface area contributed by atoms with Gasteiger partial charge in [0.2, 0.25) is 0 Å². The number of aromatic nitrogens is 3. The minimum absolute atomic E-state index is 0.241. The Labute approximate surface area is 100 Å². The first-order chi connectivity index (χ1) is 7.75. The van der Waals surface area contributed by atoms with Crippen molar-refractivity contribution in [1.82, 2.24) is 15.0 Å². The molecule has 2 heterocycles. The van der Waals surface area contributed by atoms with E-state index in [1.165, 1.54) is 24.9 Å². The summed E-state index contributed by atoms with van der Waals surface area (Å²) in [5, 5.41) is 2.66. The predicted octanol–water partition coefficient (Wildman–Crippen LogP) is 1.89. The zero-order chi connectivity index (χ0) is 11.4. The molecule has 1 amide bonds. The van der Waals surface area contributed by atoms with Gasteiger partial charge >= 0.3 is 0 Å². The van der Waals surface area contributed by atoms with E-state index in [4.69, 9.17) is 0 Å². The van der Waals surface area contributed by atoms with E-state index >= 15 is 0 Å². The summed E-state index contributed by atoms with van der Waals surface area (Å²) in [6.07, 6.45) is 5.94. The summed E-state index contributed by atoms with van der Waals surface area (Å²) >= 11 is 3.20. The molecule has 0 radical (unpaired) electrons. The van der Waals surface area contributed by atoms with Crippen molar-refractivity contribution in [2.24, 2.45) is 0 Å². The topological polar surface area (TPSA) is 67.8 Å². The molecule has 16 heavy (non-hydrogen) atoms. The highest BCUT2D eigenvalue weighted by molar-refractivity contribution is 9.10. The average Bonchev–Trinajstić information content (AvgIpc) is 2.31. The highest BCUT2D eigenvalue weighted by atomic mass is 79.9. The summed E-state index contributed by atoms with van der Waals surface area (Å²) in [7, 11) is 0. The van der Waals surface area contributed by atoms with Crippen molar-refractivity contribution in [2.75, 3.05) is 5.32 Å². The highest BCUT2D eigenvalue weighted by Crippen LogP contribution is 2.08. The van der Waals surface area contributed by atoms with Gasteiger partial charge in [0, 0.05) is 6.20 Å². The summed E-state index contributed by atoms with van der Waals surface area (Å²) < 4.78 is 0.687. The molecule has 0 aromatic carbocycles. The summed E-state index contributed by atoms with van der Waals surface area (Å²) in [6.45, 7) is 0. The van der Waals surface area contributed by atoms with Crippen molar-refractivity contribution in [3.63, 3.8) is 0 Å². The van der Waals surface area contributed by atoms with Gasteiger partial charge in [0.05, 0.1) is 23.6 Å². The lowest BCUT2D eigenvalue weighted by Crippen LogP contribution is -2.12. The average molecular weight is 279 g/mol. The van der Waals surface area contributed by atoms with Crippen LogP contribution in [0.1, 0.15) is 10.4 Å². The minimum Gasteiger partial charge on any atom is -0.319 e. The highest BCUT2D eigenvalue weighted by Gasteiger charge is 2.06. The van der Waals surface area contributed by atoms with Crippen LogP contribution in [-0.2, 0) is 0 Å². The normalized spacial score (nSPS) is 9.81. The standard InChI is InChI=1S/C10H7BrN4O/c11-9-2-1-7(3-14-9)10(16)15-8-4-12-6-13-5-8/h1-6H,(H,15,16). The van der Waals surface area contributed by atoms with Crippen LogP contribution in [0.15, 0.2) is 41.7 Å². The second-order valence-corrected chi connectivity index (χ2v) is 3.76. The SMILES string of the molecule is O=C(Nc1cncnc1)c1ccc(Br)nc1. The molecule has 0 spiro atoms. The zero-order valence-corrected chi connectivity index (χ0v) is 9.68. The van der Waals surface area contributed by atoms with E-state index in [2.05, 4.69) is 36.2 Å². The molecule has 1 N–H and O–H groups in total. The Hall–Kier alpha value is -1.82. The lowest BCUT2D eigenvalue weighted by molar-refractivity contribution is 0.102. The number of anilines is 1. The summed E-state index contributed by atoms with van der Waals surface area (Å²) in [5.41, 5.74) is 1.03. The molecule has 0 fully saturated rings.